The largest absolute Gasteiger partial charge is 0.480 e. The number of aromatic nitrogens is 2. The van der Waals surface area contributed by atoms with E-state index >= 15 is 0 Å². The molecule has 3 rings (SSSR count). The summed E-state index contributed by atoms with van der Waals surface area (Å²) < 4.78 is 2.24. The van der Waals surface area contributed by atoms with E-state index in [9.17, 15) is 14.7 Å². The molecule has 6 heteroatoms. The number of amides is 1. The van der Waals surface area contributed by atoms with Gasteiger partial charge in [-0.05, 0) is 42.2 Å². The Morgan fingerprint density at radius 1 is 1.10 bits per heavy atom. The van der Waals surface area contributed by atoms with Crippen LogP contribution in [0.3, 0.4) is 0 Å². The predicted octanol–water partition coefficient (Wildman–Crippen LogP) is 4.66. The standard InChI is InChI=1S/C25H31N3O3/c1-4-6-11-22-26-20-9-7-8-10-21(20)28(22)16-18-12-14-19(15-13-18)24(29)27-23(25(30)31)17(3)5-2/h7-10,12-15,17,23H,4-6,11,16H2,1-3H3,(H,27,29)(H,30,31)/t17-,23-/m0/s1. The van der Waals surface area contributed by atoms with E-state index in [4.69, 9.17) is 4.98 Å². The van der Waals surface area contributed by atoms with E-state index in [-0.39, 0.29) is 11.8 Å². The predicted molar refractivity (Wildman–Crippen MR) is 122 cm³/mol. The van der Waals surface area contributed by atoms with Crippen molar-refractivity contribution in [2.45, 2.75) is 59.0 Å². The van der Waals surface area contributed by atoms with E-state index in [1.807, 2.05) is 44.2 Å². The van der Waals surface area contributed by atoms with E-state index in [2.05, 4.69) is 22.9 Å². The molecule has 2 N–H and O–H groups in total. The number of carboxylic acids is 1. The summed E-state index contributed by atoms with van der Waals surface area (Å²) in [4.78, 5) is 28.9. The monoisotopic (exact) mass is 421 g/mol. The molecule has 3 aromatic rings. The zero-order valence-electron chi connectivity index (χ0n) is 18.5. The van der Waals surface area contributed by atoms with Crippen LogP contribution in [0.15, 0.2) is 48.5 Å². The summed E-state index contributed by atoms with van der Waals surface area (Å²) in [6.45, 7) is 6.59. The second-order valence-corrected chi connectivity index (χ2v) is 8.08. The van der Waals surface area contributed by atoms with Gasteiger partial charge in [0, 0.05) is 18.5 Å². The summed E-state index contributed by atoms with van der Waals surface area (Å²) >= 11 is 0. The number of carbonyl (C=O) groups is 2. The zero-order chi connectivity index (χ0) is 22.4. The molecular formula is C25H31N3O3. The van der Waals surface area contributed by atoms with Gasteiger partial charge in [0.2, 0.25) is 0 Å². The molecule has 0 radical (unpaired) electrons. The second kappa shape index (κ2) is 10.2. The number of fused-ring (bicyclic) bond motifs is 1. The maximum Gasteiger partial charge on any atom is 0.326 e. The van der Waals surface area contributed by atoms with Crippen molar-refractivity contribution in [2.24, 2.45) is 5.92 Å². The number of hydrogen-bond donors (Lipinski definition) is 2. The maximum atomic E-state index is 12.6. The normalized spacial score (nSPS) is 13.1. The number of benzene rings is 2. The van der Waals surface area contributed by atoms with Crippen LogP contribution >= 0.6 is 0 Å². The van der Waals surface area contributed by atoms with Crippen molar-refractivity contribution in [1.82, 2.24) is 14.9 Å². The lowest BCUT2D eigenvalue weighted by atomic mass is 9.99. The van der Waals surface area contributed by atoms with E-state index in [0.29, 0.717) is 18.5 Å². The molecule has 0 aliphatic carbocycles. The van der Waals surface area contributed by atoms with Gasteiger partial charge in [-0.1, -0.05) is 57.9 Å². The van der Waals surface area contributed by atoms with Crippen LogP contribution in [0.2, 0.25) is 0 Å². The number of rotatable bonds is 10. The van der Waals surface area contributed by atoms with Crippen molar-refractivity contribution in [3.05, 3.63) is 65.5 Å². The molecule has 0 saturated heterocycles. The summed E-state index contributed by atoms with van der Waals surface area (Å²) in [5.41, 5.74) is 3.62. The van der Waals surface area contributed by atoms with Gasteiger partial charge in [-0.3, -0.25) is 4.79 Å². The van der Waals surface area contributed by atoms with Gasteiger partial charge in [0.1, 0.15) is 11.9 Å². The number of unbranched alkanes of at least 4 members (excludes halogenated alkanes) is 1. The van der Waals surface area contributed by atoms with E-state index in [0.717, 1.165) is 41.7 Å². The Kier molecular flexibility index (Phi) is 7.45. The number of para-hydroxylation sites is 2. The first kappa shape index (κ1) is 22.5. The Bertz CT molecular complexity index is 1040. The van der Waals surface area contributed by atoms with Gasteiger partial charge in [-0.25, -0.2) is 9.78 Å². The average molecular weight is 422 g/mol. The summed E-state index contributed by atoms with van der Waals surface area (Å²) in [7, 11) is 0. The van der Waals surface area contributed by atoms with Gasteiger partial charge in [-0.15, -0.1) is 0 Å². The van der Waals surface area contributed by atoms with Gasteiger partial charge < -0.3 is 15.0 Å². The van der Waals surface area contributed by atoms with E-state index in [1.54, 1.807) is 12.1 Å². The molecule has 2 aromatic carbocycles. The molecule has 0 fully saturated rings. The molecule has 0 bridgehead atoms. The molecule has 31 heavy (non-hydrogen) atoms. The Balaban J connectivity index is 1.78. The fourth-order valence-corrected chi connectivity index (χ4v) is 3.68. The molecule has 164 valence electrons. The fraction of sp³-hybridized carbons (Fsp3) is 0.400. The van der Waals surface area contributed by atoms with Crippen LogP contribution in [0.4, 0.5) is 0 Å². The fourth-order valence-electron chi connectivity index (χ4n) is 3.68. The number of aryl methyl sites for hydroxylation is 1. The SMILES string of the molecule is CCCCc1nc2ccccc2n1Cc1ccc(C(=O)N[C@H](C(=O)O)[C@@H](C)CC)cc1. The average Bonchev–Trinajstić information content (AvgIpc) is 3.12. The van der Waals surface area contributed by atoms with Crippen LogP contribution in [0.25, 0.3) is 11.0 Å². The minimum atomic E-state index is -1.01. The van der Waals surface area contributed by atoms with Gasteiger partial charge in [0.05, 0.1) is 11.0 Å². The molecule has 0 unspecified atom stereocenters. The first-order valence-electron chi connectivity index (χ1n) is 11.0. The highest BCUT2D eigenvalue weighted by Crippen LogP contribution is 2.20. The van der Waals surface area contributed by atoms with Crippen molar-refractivity contribution in [2.75, 3.05) is 0 Å². The van der Waals surface area contributed by atoms with Crippen molar-refractivity contribution in [3.8, 4) is 0 Å². The lowest BCUT2D eigenvalue weighted by molar-refractivity contribution is -0.140. The number of nitrogens with zero attached hydrogens (tertiary/aromatic N) is 2. The van der Waals surface area contributed by atoms with Crippen LogP contribution in [-0.2, 0) is 17.8 Å². The van der Waals surface area contributed by atoms with Crippen LogP contribution in [0.1, 0.15) is 61.8 Å². The third-order valence-electron chi connectivity index (χ3n) is 5.81. The van der Waals surface area contributed by atoms with Crippen molar-refractivity contribution >= 4 is 22.9 Å². The lowest BCUT2D eigenvalue weighted by Crippen LogP contribution is -2.45. The van der Waals surface area contributed by atoms with Gasteiger partial charge >= 0.3 is 5.97 Å². The minimum Gasteiger partial charge on any atom is -0.480 e. The van der Waals surface area contributed by atoms with Crippen LogP contribution < -0.4 is 5.32 Å². The molecule has 6 nitrogen and oxygen atoms in total. The van der Waals surface area contributed by atoms with E-state index in [1.165, 1.54) is 0 Å². The molecular weight excluding hydrogens is 390 g/mol. The third-order valence-corrected chi connectivity index (χ3v) is 5.81. The highest BCUT2D eigenvalue weighted by atomic mass is 16.4. The molecule has 0 aliphatic rings. The van der Waals surface area contributed by atoms with Gasteiger partial charge in [0.25, 0.3) is 5.91 Å². The first-order valence-corrected chi connectivity index (χ1v) is 11.0. The number of aliphatic carboxylic acids is 1. The number of hydrogen-bond acceptors (Lipinski definition) is 3. The number of carboxylic acid groups (broad SMARTS) is 1. The van der Waals surface area contributed by atoms with Gasteiger partial charge in [0.15, 0.2) is 0 Å². The van der Waals surface area contributed by atoms with Gasteiger partial charge in [-0.2, -0.15) is 0 Å². The molecule has 1 amide bonds. The van der Waals surface area contributed by atoms with Crippen molar-refractivity contribution < 1.29 is 14.7 Å². The molecule has 0 spiro atoms. The molecule has 0 saturated carbocycles. The Morgan fingerprint density at radius 2 is 1.81 bits per heavy atom. The molecule has 1 aromatic heterocycles. The minimum absolute atomic E-state index is 0.142. The molecule has 2 atom stereocenters. The number of imidazole rings is 1. The highest BCUT2D eigenvalue weighted by molar-refractivity contribution is 5.96. The Morgan fingerprint density at radius 3 is 2.45 bits per heavy atom. The summed E-state index contributed by atoms with van der Waals surface area (Å²) in [5, 5.41) is 12.1. The highest BCUT2D eigenvalue weighted by Gasteiger charge is 2.25. The second-order valence-electron chi connectivity index (χ2n) is 8.08. The maximum absolute atomic E-state index is 12.6. The number of nitrogens with one attached hydrogen (secondary N) is 1. The van der Waals surface area contributed by atoms with Crippen LogP contribution in [0.5, 0.6) is 0 Å². The first-order chi connectivity index (χ1) is 14.9. The Hall–Kier alpha value is -3.15. The van der Waals surface area contributed by atoms with Crippen molar-refractivity contribution in [3.63, 3.8) is 0 Å². The smallest absolute Gasteiger partial charge is 0.326 e. The van der Waals surface area contributed by atoms with Crippen LogP contribution in [0, 0.1) is 5.92 Å². The molecule has 0 aliphatic heterocycles. The quantitative estimate of drug-likeness (QED) is 0.499. The zero-order valence-corrected chi connectivity index (χ0v) is 18.5. The Labute approximate surface area is 183 Å². The summed E-state index contributed by atoms with van der Waals surface area (Å²) in [5.74, 6) is -0.443. The molecule has 1 heterocycles. The van der Waals surface area contributed by atoms with E-state index < -0.39 is 12.0 Å². The number of carbonyl (C=O) groups excluding carboxylic acids is 1. The van der Waals surface area contributed by atoms with Crippen LogP contribution in [-0.4, -0.2) is 32.6 Å². The van der Waals surface area contributed by atoms with Crippen molar-refractivity contribution in [1.29, 1.82) is 0 Å². The summed E-state index contributed by atoms with van der Waals surface area (Å²) in [6.07, 6.45) is 3.80. The topological polar surface area (TPSA) is 84.2 Å². The summed E-state index contributed by atoms with van der Waals surface area (Å²) in [6, 6.07) is 14.6. The third kappa shape index (κ3) is 5.32. The lowest BCUT2D eigenvalue weighted by Gasteiger charge is -2.20.